The molecule has 0 aromatic carbocycles. The zero-order chi connectivity index (χ0) is 11.4. The number of hydrogen-bond acceptors (Lipinski definition) is 4. The average molecular weight is 229 g/mol. The van der Waals surface area contributed by atoms with Crippen LogP contribution in [0.15, 0.2) is 12.4 Å². The van der Waals surface area contributed by atoms with Crippen LogP contribution in [0.1, 0.15) is 13.8 Å². The van der Waals surface area contributed by atoms with Crippen molar-refractivity contribution in [1.29, 1.82) is 0 Å². The SMILES string of the molecule is CC(C)C(N)C(=O)Nc1cc(Cl)ncn1. The van der Waals surface area contributed by atoms with Gasteiger partial charge in [0.25, 0.3) is 0 Å². The molecule has 15 heavy (non-hydrogen) atoms. The minimum absolute atomic E-state index is 0.0716. The van der Waals surface area contributed by atoms with Gasteiger partial charge in [0, 0.05) is 6.07 Å². The Bertz CT molecular complexity index is 356. The number of amides is 1. The molecule has 0 bridgehead atoms. The largest absolute Gasteiger partial charge is 0.320 e. The summed E-state index contributed by atoms with van der Waals surface area (Å²) in [6.45, 7) is 3.74. The minimum Gasteiger partial charge on any atom is -0.320 e. The zero-order valence-corrected chi connectivity index (χ0v) is 9.32. The fourth-order valence-electron chi connectivity index (χ4n) is 0.914. The highest BCUT2D eigenvalue weighted by Gasteiger charge is 2.17. The predicted octanol–water partition coefficient (Wildman–Crippen LogP) is 1.05. The second-order valence-electron chi connectivity index (χ2n) is 3.49. The standard InChI is InChI=1S/C9H13ClN4O/c1-5(2)8(11)9(15)14-7-3-6(10)12-4-13-7/h3-5,8H,11H2,1-2H3,(H,12,13,14,15). The lowest BCUT2D eigenvalue weighted by molar-refractivity contribution is -0.118. The second kappa shape index (κ2) is 5.04. The topological polar surface area (TPSA) is 80.9 Å². The fourth-order valence-corrected chi connectivity index (χ4v) is 1.06. The van der Waals surface area contributed by atoms with E-state index in [4.69, 9.17) is 17.3 Å². The Hall–Kier alpha value is -1.20. The number of nitrogens with zero attached hydrogens (tertiary/aromatic N) is 2. The van der Waals surface area contributed by atoms with Crippen molar-refractivity contribution in [1.82, 2.24) is 9.97 Å². The van der Waals surface area contributed by atoms with Gasteiger partial charge >= 0.3 is 0 Å². The van der Waals surface area contributed by atoms with Gasteiger partial charge in [0.1, 0.15) is 17.3 Å². The Morgan fingerprint density at radius 3 is 2.73 bits per heavy atom. The molecule has 0 saturated carbocycles. The van der Waals surface area contributed by atoms with E-state index in [-0.39, 0.29) is 17.0 Å². The summed E-state index contributed by atoms with van der Waals surface area (Å²) in [6.07, 6.45) is 1.28. The summed E-state index contributed by atoms with van der Waals surface area (Å²) in [7, 11) is 0. The number of hydrogen-bond donors (Lipinski definition) is 2. The number of anilines is 1. The number of nitrogens with one attached hydrogen (secondary N) is 1. The normalized spacial score (nSPS) is 12.6. The van der Waals surface area contributed by atoms with Gasteiger partial charge in [0.05, 0.1) is 6.04 Å². The van der Waals surface area contributed by atoms with Crippen molar-refractivity contribution in [3.05, 3.63) is 17.5 Å². The van der Waals surface area contributed by atoms with Crippen LogP contribution < -0.4 is 11.1 Å². The van der Waals surface area contributed by atoms with Crippen molar-refractivity contribution in [2.24, 2.45) is 11.7 Å². The monoisotopic (exact) mass is 228 g/mol. The maximum absolute atomic E-state index is 11.5. The molecule has 1 atom stereocenters. The molecule has 1 heterocycles. The lowest BCUT2D eigenvalue weighted by Crippen LogP contribution is -2.39. The van der Waals surface area contributed by atoms with Crippen LogP contribution in [0.3, 0.4) is 0 Å². The maximum Gasteiger partial charge on any atom is 0.242 e. The van der Waals surface area contributed by atoms with Crippen molar-refractivity contribution in [3.8, 4) is 0 Å². The van der Waals surface area contributed by atoms with E-state index in [0.29, 0.717) is 5.82 Å². The summed E-state index contributed by atoms with van der Waals surface area (Å²) in [4.78, 5) is 19.1. The number of rotatable bonds is 3. The van der Waals surface area contributed by atoms with Crippen molar-refractivity contribution in [2.45, 2.75) is 19.9 Å². The third-order valence-electron chi connectivity index (χ3n) is 1.91. The Morgan fingerprint density at radius 1 is 1.53 bits per heavy atom. The minimum atomic E-state index is -0.557. The van der Waals surface area contributed by atoms with Gasteiger partial charge in [-0.15, -0.1) is 0 Å². The molecule has 0 spiro atoms. The third-order valence-corrected chi connectivity index (χ3v) is 2.11. The van der Waals surface area contributed by atoms with E-state index >= 15 is 0 Å². The second-order valence-corrected chi connectivity index (χ2v) is 3.87. The van der Waals surface area contributed by atoms with E-state index in [1.54, 1.807) is 0 Å². The quantitative estimate of drug-likeness (QED) is 0.758. The van der Waals surface area contributed by atoms with Crippen molar-refractivity contribution >= 4 is 23.3 Å². The molecule has 0 fully saturated rings. The predicted molar refractivity (Wildman–Crippen MR) is 58.5 cm³/mol. The van der Waals surface area contributed by atoms with Gasteiger partial charge in [-0.05, 0) is 5.92 Å². The van der Waals surface area contributed by atoms with Crippen LogP contribution in [-0.2, 0) is 4.79 Å². The number of aromatic nitrogens is 2. The molecular formula is C9H13ClN4O. The van der Waals surface area contributed by atoms with Crippen LogP contribution in [0.5, 0.6) is 0 Å². The number of carbonyl (C=O) groups excluding carboxylic acids is 1. The summed E-state index contributed by atoms with van der Waals surface area (Å²) in [6, 6.07) is 0.908. The molecule has 5 nitrogen and oxygen atoms in total. The Morgan fingerprint density at radius 2 is 2.20 bits per heavy atom. The van der Waals surface area contributed by atoms with Crippen LogP contribution in [0, 0.1) is 5.92 Å². The van der Waals surface area contributed by atoms with Crippen LogP contribution in [-0.4, -0.2) is 21.9 Å². The molecule has 1 unspecified atom stereocenters. The van der Waals surface area contributed by atoms with E-state index in [9.17, 15) is 4.79 Å². The van der Waals surface area contributed by atoms with Crippen LogP contribution in [0.2, 0.25) is 5.15 Å². The highest BCUT2D eigenvalue weighted by atomic mass is 35.5. The summed E-state index contributed by atoms with van der Waals surface area (Å²) < 4.78 is 0. The van der Waals surface area contributed by atoms with Crippen molar-refractivity contribution < 1.29 is 4.79 Å². The summed E-state index contributed by atoms with van der Waals surface area (Å²) in [5.74, 6) is 0.151. The highest BCUT2D eigenvalue weighted by Crippen LogP contribution is 2.09. The summed E-state index contributed by atoms with van der Waals surface area (Å²) in [5.41, 5.74) is 5.66. The van der Waals surface area contributed by atoms with Crippen LogP contribution in [0.4, 0.5) is 5.82 Å². The van der Waals surface area contributed by atoms with E-state index < -0.39 is 6.04 Å². The number of carbonyl (C=O) groups is 1. The molecule has 0 saturated heterocycles. The summed E-state index contributed by atoms with van der Waals surface area (Å²) >= 11 is 5.64. The van der Waals surface area contributed by atoms with Gasteiger partial charge in [0.2, 0.25) is 5.91 Å². The molecule has 1 aromatic rings. The van der Waals surface area contributed by atoms with Crippen molar-refractivity contribution in [2.75, 3.05) is 5.32 Å². The van der Waals surface area contributed by atoms with E-state index in [0.717, 1.165) is 0 Å². The molecule has 0 radical (unpaired) electrons. The van der Waals surface area contributed by atoms with Gasteiger partial charge in [-0.2, -0.15) is 0 Å². The highest BCUT2D eigenvalue weighted by molar-refractivity contribution is 6.29. The van der Waals surface area contributed by atoms with E-state index in [2.05, 4.69) is 15.3 Å². The van der Waals surface area contributed by atoms with Gasteiger partial charge in [0.15, 0.2) is 0 Å². The number of halogens is 1. The Labute approximate surface area is 93.0 Å². The first kappa shape index (κ1) is 11.9. The Balaban J connectivity index is 2.66. The maximum atomic E-state index is 11.5. The van der Waals surface area contributed by atoms with Gasteiger partial charge in [-0.1, -0.05) is 25.4 Å². The van der Waals surface area contributed by atoms with Crippen LogP contribution in [0.25, 0.3) is 0 Å². The molecule has 1 amide bonds. The smallest absolute Gasteiger partial charge is 0.242 e. The Kier molecular flexibility index (Phi) is 3.99. The average Bonchev–Trinajstić information content (AvgIpc) is 2.16. The molecular weight excluding hydrogens is 216 g/mol. The molecule has 0 aliphatic carbocycles. The molecule has 82 valence electrons. The lowest BCUT2D eigenvalue weighted by Gasteiger charge is -2.14. The van der Waals surface area contributed by atoms with Crippen LogP contribution >= 0.6 is 11.6 Å². The number of nitrogens with two attached hydrogens (primary N) is 1. The fraction of sp³-hybridized carbons (Fsp3) is 0.444. The van der Waals surface area contributed by atoms with E-state index in [1.165, 1.54) is 12.4 Å². The lowest BCUT2D eigenvalue weighted by atomic mass is 10.1. The zero-order valence-electron chi connectivity index (χ0n) is 8.57. The van der Waals surface area contributed by atoms with Gasteiger partial charge in [-0.3, -0.25) is 4.79 Å². The van der Waals surface area contributed by atoms with E-state index in [1.807, 2.05) is 13.8 Å². The molecule has 3 N–H and O–H groups in total. The third kappa shape index (κ3) is 3.45. The molecule has 0 aliphatic heterocycles. The first-order valence-electron chi connectivity index (χ1n) is 4.54. The molecule has 1 aromatic heterocycles. The van der Waals surface area contributed by atoms with Crippen molar-refractivity contribution in [3.63, 3.8) is 0 Å². The molecule has 6 heteroatoms. The molecule has 0 aliphatic rings. The summed E-state index contributed by atoms with van der Waals surface area (Å²) in [5, 5.41) is 2.84. The first-order valence-corrected chi connectivity index (χ1v) is 4.92. The molecule has 1 rings (SSSR count). The first-order chi connectivity index (χ1) is 7.00. The van der Waals surface area contributed by atoms with Gasteiger partial charge in [-0.25, -0.2) is 9.97 Å². The van der Waals surface area contributed by atoms with Gasteiger partial charge < -0.3 is 11.1 Å².